The molecule has 1 fully saturated rings. The highest BCUT2D eigenvalue weighted by molar-refractivity contribution is 6.58. The van der Waals surface area contributed by atoms with Crippen LogP contribution >= 0.6 is 69.6 Å². The predicted molar refractivity (Wildman–Crippen MR) is 88.5 cm³/mol. The van der Waals surface area contributed by atoms with Crippen molar-refractivity contribution in [2.75, 3.05) is 13.2 Å². The van der Waals surface area contributed by atoms with Crippen molar-refractivity contribution >= 4 is 81.5 Å². The molecule has 22 heavy (non-hydrogen) atoms. The summed E-state index contributed by atoms with van der Waals surface area (Å²) in [4.78, 5) is 21.5. The van der Waals surface area contributed by atoms with Gasteiger partial charge >= 0.3 is 11.9 Å². The molecule has 128 valence electrons. The number of alkyl halides is 6. The van der Waals surface area contributed by atoms with Crippen molar-refractivity contribution in [1.29, 1.82) is 0 Å². The smallest absolute Gasteiger partial charge is 0.342 e. The highest BCUT2D eigenvalue weighted by Crippen LogP contribution is 2.40. The number of esters is 2. The summed E-state index contributed by atoms with van der Waals surface area (Å²) in [6, 6.07) is 0. The molecule has 1 saturated heterocycles. The van der Waals surface area contributed by atoms with Crippen molar-refractivity contribution in [2.24, 2.45) is 0 Å². The van der Waals surface area contributed by atoms with E-state index in [0.717, 1.165) is 0 Å². The van der Waals surface area contributed by atoms with Crippen molar-refractivity contribution in [3.05, 3.63) is 0 Å². The molecule has 0 bridgehead atoms. The van der Waals surface area contributed by atoms with Crippen LogP contribution in [0.4, 0.5) is 0 Å². The molecule has 4 nitrogen and oxygen atoms in total. The van der Waals surface area contributed by atoms with Gasteiger partial charge in [-0.3, -0.25) is 0 Å². The molecule has 2 atom stereocenters. The molecule has 0 saturated carbocycles. The van der Waals surface area contributed by atoms with Gasteiger partial charge in [0.25, 0.3) is 0 Å². The van der Waals surface area contributed by atoms with E-state index in [1.807, 2.05) is 0 Å². The lowest BCUT2D eigenvalue weighted by atomic mass is 10.0. The van der Waals surface area contributed by atoms with Gasteiger partial charge in [0, 0.05) is 12.8 Å². The number of hydrogen-bond acceptors (Lipinski definition) is 4. The van der Waals surface area contributed by atoms with Gasteiger partial charge in [-0.2, -0.15) is 0 Å². The second-order valence-electron chi connectivity index (χ2n) is 5.74. The van der Waals surface area contributed by atoms with Crippen molar-refractivity contribution in [1.82, 2.24) is 0 Å². The van der Waals surface area contributed by atoms with E-state index in [0.29, 0.717) is 0 Å². The third kappa shape index (κ3) is 5.95. The summed E-state index contributed by atoms with van der Waals surface area (Å²) in [6.45, 7) is 2.39. The maximum Gasteiger partial charge on any atom is 0.342 e. The van der Waals surface area contributed by atoms with Crippen LogP contribution in [0.15, 0.2) is 0 Å². The van der Waals surface area contributed by atoms with Crippen LogP contribution in [-0.4, -0.2) is 43.6 Å². The van der Waals surface area contributed by atoms with Gasteiger partial charge in [-0.05, 0) is 13.8 Å². The topological polar surface area (TPSA) is 52.6 Å². The molecule has 1 aliphatic rings. The van der Waals surface area contributed by atoms with Gasteiger partial charge in [-0.1, -0.05) is 46.4 Å². The molecule has 1 aliphatic heterocycles. The van der Waals surface area contributed by atoms with Crippen molar-refractivity contribution < 1.29 is 19.1 Å². The number of rotatable bonds is 0. The molecular formula is C12H14Cl6O4. The lowest BCUT2D eigenvalue weighted by molar-refractivity contribution is -0.148. The van der Waals surface area contributed by atoms with Gasteiger partial charge in [-0.15, -0.1) is 23.2 Å². The Morgan fingerprint density at radius 2 is 1.00 bits per heavy atom. The Balaban J connectivity index is 3.08. The van der Waals surface area contributed by atoms with Crippen LogP contribution in [0.1, 0.15) is 26.7 Å². The molecule has 0 radical (unpaired) electrons. The highest BCUT2D eigenvalue weighted by atomic mass is 35.5. The first kappa shape index (κ1) is 20.7. The Labute approximate surface area is 158 Å². The quantitative estimate of drug-likeness (QED) is 0.423. The molecule has 0 amide bonds. The summed E-state index contributed by atoms with van der Waals surface area (Å²) in [6.07, 6.45) is -0.458. The Kier molecular flexibility index (Phi) is 6.49. The van der Waals surface area contributed by atoms with Gasteiger partial charge in [-0.25, -0.2) is 9.59 Å². The number of hydrogen-bond donors (Lipinski definition) is 0. The van der Waals surface area contributed by atoms with E-state index in [2.05, 4.69) is 0 Å². The van der Waals surface area contributed by atoms with Gasteiger partial charge < -0.3 is 9.47 Å². The van der Waals surface area contributed by atoms with E-state index in [1.165, 1.54) is 13.8 Å². The second-order valence-corrected chi connectivity index (χ2v) is 10.5. The molecule has 0 spiro atoms. The van der Waals surface area contributed by atoms with E-state index in [4.69, 9.17) is 79.1 Å². The standard InChI is InChI=1S/C12H14Cl6O4/c1-9(13)3-11(15,16)7(19)22-6-10(2,14)4-12(17,18)8(20)21-5-9/h3-6H2,1-2H3/t9-,10+. The zero-order valence-corrected chi connectivity index (χ0v) is 16.3. The fourth-order valence-corrected chi connectivity index (χ4v) is 4.00. The maximum absolute atomic E-state index is 12.0. The molecule has 0 aliphatic carbocycles. The summed E-state index contributed by atoms with van der Waals surface area (Å²) in [5.41, 5.74) is 0. The number of carbonyl (C=O) groups is 2. The van der Waals surface area contributed by atoms with Gasteiger partial charge in [0.2, 0.25) is 8.67 Å². The molecule has 0 aromatic carbocycles. The van der Waals surface area contributed by atoms with E-state index in [1.54, 1.807) is 0 Å². The van der Waals surface area contributed by atoms with Crippen molar-refractivity contribution in [2.45, 2.75) is 45.1 Å². The molecule has 0 aromatic rings. The van der Waals surface area contributed by atoms with Crippen LogP contribution in [0.3, 0.4) is 0 Å². The Morgan fingerprint density at radius 1 is 0.727 bits per heavy atom. The number of halogens is 6. The van der Waals surface area contributed by atoms with Gasteiger partial charge in [0.15, 0.2) is 0 Å². The lowest BCUT2D eigenvalue weighted by Crippen LogP contribution is -2.45. The molecular weight excluding hydrogens is 421 g/mol. The summed E-state index contributed by atoms with van der Waals surface area (Å²) in [7, 11) is 0. The number of ether oxygens (including phenoxy) is 2. The highest BCUT2D eigenvalue weighted by Gasteiger charge is 2.48. The number of carbonyl (C=O) groups excluding carboxylic acids is 2. The van der Waals surface area contributed by atoms with E-state index >= 15 is 0 Å². The molecule has 0 aromatic heterocycles. The summed E-state index contributed by atoms with van der Waals surface area (Å²) in [5, 5.41) is 0. The maximum atomic E-state index is 12.0. The predicted octanol–water partition coefficient (Wildman–Crippen LogP) is 4.21. The second kappa shape index (κ2) is 6.89. The Bertz CT molecular complexity index is 419. The minimum Gasteiger partial charge on any atom is -0.462 e. The van der Waals surface area contributed by atoms with E-state index < -0.39 is 30.4 Å². The minimum atomic E-state index is -1.91. The van der Waals surface area contributed by atoms with Crippen molar-refractivity contribution in [3.8, 4) is 0 Å². The lowest BCUT2D eigenvalue weighted by Gasteiger charge is -2.33. The molecule has 0 unspecified atom stereocenters. The molecule has 0 N–H and O–H groups in total. The van der Waals surface area contributed by atoms with Crippen LogP contribution in [0.5, 0.6) is 0 Å². The SMILES string of the molecule is C[C@]1(Cl)COC(=O)C(Cl)(Cl)C[C@](C)(Cl)COC(=O)C(Cl)(Cl)C1. The first-order valence-corrected chi connectivity index (χ1v) is 8.42. The van der Waals surface area contributed by atoms with Crippen LogP contribution in [-0.2, 0) is 19.1 Å². The third-order valence-corrected chi connectivity index (χ3v) is 4.42. The first-order valence-electron chi connectivity index (χ1n) is 6.15. The summed E-state index contributed by atoms with van der Waals surface area (Å²) < 4.78 is 6.19. The zero-order valence-electron chi connectivity index (χ0n) is 11.7. The largest absolute Gasteiger partial charge is 0.462 e. The molecule has 1 heterocycles. The summed E-state index contributed by atoms with van der Waals surface area (Å²) in [5.74, 6) is -1.81. The Morgan fingerprint density at radius 3 is 1.27 bits per heavy atom. The van der Waals surface area contributed by atoms with Crippen LogP contribution in [0, 0.1) is 0 Å². The summed E-state index contributed by atoms with van der Waals surface area (Å²) >= 11 is 36.2. The fraction of sp³-hybridized carbons (Fsp3) is 0.833. The average molecular weight is 435 g/mol. The zero-order chi connectivity index (χ0) is 17.4. The monoisotopic (exact) mass is 432 g/mol. The molecule has 10 heteroatoms. The van der Waals surface area contributed by atoms with Crippen LogP contribution in [0.2, 0.25) is 0 Å². The first-order chi connectivity index (χ1) is 9.67. The number of cyclic esters (lactones) is 2. The normalized spacial score (nSPS) is 36.5. The average Bonchev–Trinajstić information content (AvgIpc) is 2.29. The fourth-order valence-electron chi connectivity index (χ4n) is 1.82. The van der Waals surface area contributed by atoms with Gasteiger partial charge in [0.05, 0.1) is 9.75 Å². The van der Waals surface area contributed by atoms with Crippen molar-refractivity contribution in [3.63, 3.8) is 0 Å². The Hall–Kier alpha value is 0.680. The van der Waals surface area contributed by atoms with E-state index in [9.17, 15) is 9.59 Å². The van der Waals surface area contributed by atoms with E-state index in [-0.39, 0.29) is 26.1 Å². The third-order valence-electron chi connectivity index (χ3n) is 2.79. The van der Waals surface area contributed by atoms with Crippen LogP contribution < -0.4 is 0 Å². The van der Waals surface area contributed by atoms with Crippen LogP contribution in [0.25, 0.3) is 0 Å². The van der Waals surface area contributed by atoms with Gasteiger partial charge in [0.1, 0.15) is 13.2 Å². The molecule has 1 rings (SSSR count). The minimum absolute atomic E-state index is 0.229.